The number of carboxylic acids is 1. The quantitative estimate of drug-likeness (QED) is 0.290. The number of nitrogens with two attached hydrogens (primary N) is 1. The summed E-state index contributed by atoms with van der Waals surface area (Å²) in [6, 6.07) is 16.5. The Morgan fingerprint density at radius 3 is 2.08 bits per heavy atom. The summed E-state index contributed by atoms with van der Waals surface area (Å²) in [5, 5.41) is 9.35. The second-order valence-electron chi connectivity index (χ2n) is 13.1. The third kappa shape index (κ3) is 8.28. The highest BCUT2D eigenvalue weighted by molar-refractivity contribution is 5.92. The van der Waals surface area contributed by atoms with Gasteiger partial charge in [-0.3, -0.25) is 4.79 Å². The van der Waals surface area contributed by atoms with E-state index in [1.54, 1.807) is 26.8 Å². The van der Waals surface area contributed by atoms with Crippen LogP contribution in [0.1, 0.15) is 83.3 Å². The monoisotopic (exact) mass is 531 g/mol. The lowest BCUT2D eigenvalue weighted by Crippen LogP contribution is -2.55. The van der Waals surface area contributed by atoms with E-state index in [1.165, 1.54) is 55.2 Å². The Morgan fingerprint density at radius 2 is 1.59 bits per heavy atom. The van der Waals surface area contributed by atoms with Crippen molar-refractivity contribution in [2.24, 2.45) is 23.5 Å². The molecule has 4 saturated carbocycles. The molecule has 3 N–H and O–H groups in total. The van der Waals surface area contributed by atoms with Crippen LogP contribution in [-0.4, -0.2) is 28.2 Å². The molecule has 2 aromatic rings. The van der Waals surface area contributed by atoms with Gasteiger partial charge in [0.1, 0.15) is 5.60 Å². The number of rotatable bonds is 7. The zero-order valence-corrected chi connectivity index (χ0v) is 24.0. The first-order valence-electron chi connectivity index (χ1n) is 14.5. The molecule has 0 aromatic heterocycles. The molecular weight excluding hydrogens is 486 g/mol. The molecule has 2 aromatic carbocycles. The highest BCUT2D eigenvalue weighted by atomic mass is 16.6. The number of carbonyl (C=O) groups excluding carboxylic acids is 1. The number of hydrogen-bond donors (Lipinski definition) is 2. The number of ether oxygens (including phenoxy) is 1. The van der Waals surface area contributed by atoms with Gasteiger partial charge in [-0.1, -0.05) is 54.6 Å². The smallest absolute Gasteiger partial charge is 0.331 e. The molecule has 0 aliphatic heterocycles. The molecule has 4 aliphatic rings. The first-order chi connectivity index (χ1) is 18.4. The highest BCUT2D eigenvalue weighted by Gasteiger charge is 2.48. The van der Waals surface area contributed by atoms with Gasteiger partial charge in [-0.2, -0.15) is 0 Å². The van der Waals surface area contributed by atoms with E-state index in [1.807, 2.05) is 18.2 Å². The minimum Gasteiger partial charge on any atom is -0.478 e. The second-order valence-corrected chi connectivity index (χ2v) is 13.1. The van der Waals surface area contributed by atoms with Crippen LogP contribution in [-0.2, 0) is 20.7 Å². The molecule has 0 spiro atoms. The van der Waals surface area contributed by atoms with E-state index >= 15 is 0 Å². The molecule has 0 unspecified atom stereocenters. The van der Waals surface area contributed by atoms with Crippen molar-refractivity contribution < 1.29 is 19.4 Å². The Hall–Kier alpha value is -2.92. The molecule has 6 rings (SSSR count). The van der Waals surface area contributed by atoms with Gasteiger partial charge in [-0.05, 0) is 119 Å². The Kier molecular flexibility index (Phi) is 9.00. The Morgan fingerprint density at radius 1 is 1.00 bits per heavy atom. The highest BCUT2D eigenvalue weighted by Crippen LogP contribution is 2.54. The maximum Gasteiger partial charge on any atom is 0.331 e. The first-order valence-corrected chi connectivity index (χ1v) is 14.5. The summed E-state index contributed by atoms with van der Waals surface area (Å²) in [5.41, 5.74) is 10.8. The maximum atomic E-state index is 11.9. The number of carboxylic acid groups (broad SMARTS) is 1. The van der Waals surface area contributed by atoms with Crippen molar-refractivity contribution in [2.45, 2.75) is 96.6 Å². The number of carbonyl (C=O) groups is 2. The van der Waals surface area contributed by atoms with Gasteiger partial charge in [-0.15, -0.1) is 0 Å². The van der Waals surface area contributed by atoms with Crippen molar-refractivity contribution in [3.05, 3.63) is 71.3 Å². The van der Waals surface area contributed by atoms with Crippen molar-refractivity contribution in [3.8, 4) is 11.1 Å². The van der Waals surface area contributed by atoms with Crippen LogP contribution in [0, 0.1) is 24.7 Å². The molecule has 0 atom stereocenters. The fourth-order valence-corrected chi connectivity index (χ4v) is 7.18. The summed E-state index contributed by atoms with van der Waals surface area (Å²) in [6.07, 6.45) is 11.2. The predicted molar refractivity (Wildman–Crippen MR) is 156 cm³/mol. The summed E-state index contributed by atoms with van der Waals surface area (Å²) in [4.78, 5) is 23.3. The fourth-order valence-electron chi connectivity index (χ4n) is 7.18. The van der Waals surface area contributed by atoms with Gasteiger partial charge >= 0.3 is 11.9 Å². The average molecular weight is 532 g/mol. The molecule has 39 heavy (non-hydrogen) atoms. The van der Waals surface area contributed by atoms with Crippen molar-refractivity contribution in [1.82, 2.24) is 0 Å². The van der Waals surface area contributed by atoms with Gasteiger partial charge in [0.2, 0.25) is 0 Å². The molecule has 0 amide bonds. The number of benzene rings is 2. The van der Waals surface area contributed by atoms with E-state index in [-0.39, 0.29) is 12.0 Å². The summed E-state index contributed by atoms with van der Waals surface area (Å²) in [6.45, 7) is 7.36. The number of aliphatic carboxylic acids is 1. The van der Waals surface area contributed by atoms with Crippen LogP contribution in [0.25, 0.3) is 11.1 Å². The lowest BCUT2D eigenvalue weighted by Gasteiger charge is -2.55. The van der Waals surface area contributed by atoms with Crippen LogP contribution in [0.3, 0.4) is 0 Å². The van der Waals surface area contributed by atoms with Crippen LogP contribution >= 0.6 is 0 Å². The third-order valence-electron chi connectivity index (χ3n) is 8.31. The van der Waals surface area contributed by atoms with Gasteiger partial charge in [0, 0.05) is 11.1 Å². The largest absolute Gasteiger partial charge is 0.478 e. The second kappa shape index (κ2) is 12.1. The maximum absolute atomic E-state index is 11.9. The molecule has 5 heteroatoms. The van der Waals surface area contributed by atoms with Gasteiger partial charge in [0.05, 0.1) is 6.42 Å². The Balaban J connectivity index is 0.000000260. The van der Waals surface area contributed by atoms with Gasteiger partial charge < -0.3 is 15.6 Å². The third-order valence-corrected chi connectivity index (χ3v) is 8.31. The first kappa shape index (κ1) is 29.1. The lowest BCUT2D eigenvalue weighted by molar-refractivity contribution is -0.155. The Bertz CT molecular complexity index is 1160. The molecule has 4 aliphatic carbocycles. The average Bonchev–Trinajstić information content (AvgIpc) is 2.82. The summed E-state index contributed by atoms with van der Waals surface area (Å²) in [7, 11) is 0. The molecule has 5 nitrogen and oxygen atoms in total. The predicted octanol–water partition coefficient (Wildman–Crippen LogP) is 7.25. The standard InChI is InChI=1S/C24H28O4.C10H17N/c1-17-15-18(13-14-21(17)19-10-6-5-7-11-19)9-8-12-20(23(26)27)16-22(25)28-24(2,3)4;11-10-4-7-1-8(5-10)3-9(2-7)6-10/h5-7,10-15H,8-9,16H2,1-4H3,(H,26,27);7-9H,1-6,11H2. The molecule has 0 saturated heterocycles. The zero-order valence-electron chi connectivity index (χ0n) is 24.0. The number of esters is 1. The number of allylic oxidation sites excluding steroid dienone is 1. The zero-order chi connectivity index (χ0) is 28.2. The van der Waals surface area contributed by atoms with Crippen LogP contribution in [0.15, 0.2) is 60.2 Å². The summed E-state index contributed by atoms with van der Waals surface area (Å²) in [5.74, 6) is 1.45. The number of aryl methyl sites for hydroxylation is 2. The molecule has 0 radical (unpaired) electrons. The minimum absolute atomic E-state index is 0.0758. The van der Waals surface area contributed by atoms with Crippen molar-refractivity contribution in [3.63, 3.8) is 0 Å². The normalized spacial score (nSPS) is 25.6. The van der Waals surface area contributed by atoms with E-state index in [0.29, 0.717) is 18.4 Å². The molecule has 4 fully saturated rings. The lowest BCUT2D eigenvalue weighted by atomic mass is 9.53. The van der Waals surface area contributed by atoms with Crippen LogP contribution < -0.4 is 5.73 Å². The van der Waals surface area contributed by atoms with E-state index in [2.05, 4.69) is 37.3 Å². The topological polar surface area (TPSA) is 89.6 Å². The van der Waals surface area contributed by atoms with Crippen LogP contribution in [0.2, 0.25) is 0 Å². The van der Waals surface area contributed by atoms with Crippen molar-refractivity contribution in [2.75, 3.05) is 0 Å². The van der Waals surface area contributed by atoms with Gasteiger partial charge in [-0.25, -0.2) is 4.79 Å². The van der Waals surface area contributed by atoms with Crippen LogP contribution in [0.4, 0.5) is 0 Å². The van der Waals surface area contributed by atoms with E-state index < -0.39 is 17.5 Å². The minimum atomic E-state index is -1.08. The van der Waals surface area contributed by atoms with E-state index in [0.717, 1.165) is 23.3 Å². The molecule has 210 valence electrons. The number of hydrogen-bond acceptors (Lipinski definition) is 4. The van der Waals surface area contributed by atoms with Crippen LogP contribution in [0.5, 0.6) is 0 Å². The van der Waals surface area contributed by atoms with Gasteiger partial charge in [0.15, 0.2) is 0 Å². The van der Waals surface area contributed by atoms with Gasteiger partial charge in [0.25, 0.3) is 0 Å². The molecular formula is C34H45NO4. The fraction of sp³-hybridized carbons (Fsp3) is 0.529. The SMILES string of the molecule is Cc1cc(CCC=C(CC(=O)OC(C)(C)C)C(=O)O)ccc1-c1ccccc1.NC12CC3CC(CC(C3)C1)C2. The van der Waals surface area contributed by atoms with E-state index in [9.17, 15) is 14.7 Å². The Labute approximate surface area is 233 Å². The summed E-state index contributed by atoms with van der Waals surface area (Å²) < 4.78 is 5.21. The van der Waals surface area contributed by atoms with Crippen molar-refractivity contribution >= 4 is 11.9 Å². The van der Waals surface area contributed by atoms with E-state index in [4.69, 9.17) is 10.5 Å². The van der Waals surface area contributed by atoms with Crippen molar-refractivity contribution in [1.29, 1.82) is 0 Å². The summed E-state index contributed by atoms with van der Waals surface area (Å²) >= 11 is 0. The molecule has 4 bridgehead atoms. The molecule has 0 heterocycles.